The lowest BCUT2D eigenvalue weighted by molar-refractivity contribution is -0.118. The topological polar surface area (TPSA) is 113 Å². The van der Waals surface area contributed by atoms with E-state index in [4.69, 9.17) is 11.6 Å². The first kappa shape index (κ1) is 21.9. The lowest BCUT2D eigenvalue weighted by atomic mass is 10.0. The van der Waals surface area contributed by atoms with Gasteiger partial charge in [-0.2, -0.15) is 0 Å². The second kappa shape index (κ2) is 9.77. The Morgan fingerprint density at radius 3 is 2.32 bits per heavy atom. The molecule has 6 N–H and O–H groups in total. The van der Waals surface area contributed by atoms with Crippen LogP contribution in [0.15, 0.2) is 72.8 Å². The summed E-state index contributed by atoms with van der Waals surface area (Å²) in [5.41, 5.74) is 9.72. The van der Waals surface area contributed by atoms with Crippen molar-refractivity contribution in [3.63, 3.8) is 0 Å². The number of nitrogens with one attached hydrogen (secondary N) is 2. The van der Waals surface area contributed by atoms with Gasteiger partial charge < -0.3 is 21.4 Å². The number of benzene rings is 3. The number of nitrogen functional groups attached to an aromatic ring is 1. The van der Waals surface area contributed by atoms with Crippen molar-refractivity contribution >= 4 is 28.9 Å². The Morgan fingerprint density at radius 2 is 1.65 bits per heavy atom. The number of hydrogen-bond acceptors (Lipinski definition) is 5. The molecule has 7 nitrogen and oxygen atoms in total. The zero-order chi connectivity index (χ0) is 22.4. The van der Waals surface area contributed by atoms with E-state index in [1.54, 1.807) is 37.4 Å². The summed E-state index contributed by atoms with van der Waals surface area (Å²) in [4.78, 5) is 26.1. The van der Waals surface area contributed by atoms with E-state index in [1.165, 1.54) is 5.01 Å². The fourth-order valence-electron chi connectivity index (χ4n) is 3.40. The lowest BCUT2D eigenvalue weighted by Gasteiger charge is -2.23. The summed E-state index contributed by atoms with van der Waals surface area (Å²) in [5.74, 6) is 5.23. The molecule has 1 unspecified atom stereocenters. The van der Waals surface area contributed by atoms with Gasteiger partial charge in [0, 0.05) is 19.0 Å². The zero-order valence-corrected chi connectivity index (χ0v) is 17.6. The van der Waals surface area contributed by atoms with Crippen LogP contribution in [-0.4, -0.2) is 24.9 Å². The minimum Gasteiger partial charge on any atom is -0.397 e. The summed E-state index contributed by atoms with van der Waals surface area (Å²) >= 11 is 0. The Labute approximate surface area is 182 Å². The highest BCUT2D eigenvalue weighted by molar-refractivity contribution is 6.03. The van der Waals surface area contributed by atoms with Crippen molar-refractivity contribution in [2.24, 2.45) is 5.84 Å². The molecule has 3 aromatic carbocycles. The number of aryl methyl sites for hydroxylation is 1. The molecule has 0 aliphatic carbocycles. The molecule has 31 heavy (non-hydrogen) atoms. The number of nitrogens with two attached hydrogens (primary N) is 2. The van der Waals surface area contributed by atoms with Crippen molar-refractivity contribution in [3.05, 3.63) is 89.5 Å². The molecule has 0 radical (unpaired) electrons. The third-order valence-corrected chi connectivity index (χ3v) is 4.97. The lowest BCUT2D eigenvalue weighted by Crippen LogP contribution is -2.45. The van der Waals surface area contributed by atoms with Crippen molar-refractivity contribution in [3.8, 4) is 0 Å². The van der Waals surface area contributed by atoms with Gasteiger partial charge in [0.2, 0.25) is 5.91 Å². The van der Waals surface area contributed by atoms with E-state index in [1.807, 2.05) is 49.4 Å². The highest BCUT2D eigenvalue weighted by Crippen LogP contribution is 2.30. The van der Waals surface area contributed by atoms with Gasteiger partial charge in [0.25, 0.3) is 5.91 Å². The molecule has 0 spiro atoms. The summed E-state index contributed by atoms with van der Waals surface area (Å²) in [5, 5.41) is 7.10. The van der Waals surface area contributed by atoms with Gasteiger partial charge in [-0.05, 0) is 36.2 Å². The normalized spacial score (nSPS) is 11.5. The second-order valence-electron chi connectivity index (χ2n) is 7.37. The maximum absolute atomic E-state index is 13.2. The van der Waals surface area contributed by atoms with Crippen molar-refractivity contribution in [2.75, 3.05) is 23.1 Å². The van der Waals surface area contributed by atoms with Gasteiger partial charge in [-0.3, -0.25) is 9.59 Å². The van der Waals surface area contributed by atoms with Crippen molar-refractivity contribution in [1.29, 1.82) is 0 Å². The highest BCUT2D eigenvalue weighted by atomic mass is 16.2. The number of carbonyl (C=O) groups is 2. The van der Waals surface area contributed by atoms with E-state index < -0.39 is 6.04 Å². The average molecular weight is 418 g/mol. The van der Waals surface area contributed by atoms with E-state index in [2.05, 4.69) is 10.6 Å². The molecule has 3 rings (SSSR count). The molecule has 2 amide bonds. The van der Waals surface area contributed by atoms with Crippen molar-refractivity contribution in [1.82, 2.24) is 5.32 Å². The minimum absolute atomic E-state index is 0.307. The number of nitrogens with zero attached hydrogens (tertiary/aromatic N) is 1. The molecule has 160 valence electrons. The smallest absolute Gasteiger partial charge is 0.252 e. The largest absolute Gasteiger partial charge is 0.397 e. The first-order valence-corrected chi connectivity index (χ1v) is 9.95. The molecular weight excluding hydrogens is 390 g/mol. The van der Waals surface area contributed by atoms with E-state index in [0.29, 0.717) is 29.0 Å². The molecule has 0 aliphatic heterocycles. The summed E-state index contributed by atoms with van der Waals surface area (Å²) in [6.07, 6.45) is 0.334. The van der Waals surface area contributed by atoms with Crippen LogP contribution < -0.4 is 27.2 Å². The van der Waals surface area contributed by atoms with Crippen LogP contribution in [0.1, 0.15) is 21.5 Å². The first-order chi connectivity index (χ1) is 14.9. The monoisotopic (exact) mass is 417 g/mol. The van der Waals surface area contributed by atoms with Crippen LogP contribution in [0.25, 0.3) is 0 Å². The number of carbonyl (C=O) groups excluding carboxylic acids is 2. The third kappa shape index (κ3) is 5.40. The molecule has 0 aliphatic rings. The predicted octanol–water partition coefficient (Wildman–Crippen LogP) is 2.87. The summed E-state index contributed by atoms with van der Waals surface area (Å²) in [7, 11) is 1.64. The predicted molar refractivity (Wildman–Crippen MR) is 125 cm³/mol. The van der Waals surface area contributed by atoms with E-state index in [-0.39, 0.29) is 11.8 Å². The van der Waals surface area contributed by atoms with E-state index >= 15 is 0 Å². The number of hydrazine groups is 1. The number of rotatable bonds is 7. The Morgan fingerprint density at radius 1 is 0.968 bits per heavy atom. The van der Waals surface area contributed by atoms with Gasteiger partial charge in [0.1, 0.15) is 6.04 Å². The zero-order valence-electron chi connectivity index (χ0n) is 17.6. The molecular formula is C24H27N5O2. The summed E-state index contributed by atoms with van der Waals surface area (Å²) < 4.78 is 0. The van der Waals surface area contributed by atoms with Gasteiger partial charge in [-0.15, -0.1) is 0 Å². The molecule has 1 atom stereocenters. The van der Waals surface area contributed by atoms with Crippen molar-refractivity contribution < 1.29 is 9.59 Å². The molecule has 0 fully saturated rings. The van der Waals surface area contributed by atoms with E-state index in [9.17, 15) is 9.59 Å². The number of para-hydroxylation sites is 1. The molecule has 0 heterocycles. The van der Waals surface area contributed by atoms with Crippen LogP contribution >= 0.6 is 0 Å². The number of hydrogen-bond donors (Lipinski definition) is 4. The quantitative estimate of drug-likeness (QED) is 0.268. The van der Waals surface area contributed by atoms with Crippen LogP contribution in [0.3, 0.4) is 0 Å². The molecule has 0 saturated heterocycles. The second-order valence-corrected chi connectivity index (χ2v) is 7.37. The first-order valence-electron chi connectivity index (χ1n) is 9.95. The Balaban J connectivity index is 1.87. The van der Waals surface area contributed by atoms with Crippen LogP contribution in [0.5, 0.6) is 0 Å². The summed E-state index contributed by atoms with van der Waals surface area (Å²) in [6, 6.07) is 21.1. The fraction of sp³-hybridized carbons (Fsp3) is 0.167. The average Bonchev–Trinajstić information content (AvgIpc) is 2.74. The van der Waals surface area contributed by atoms with Gasteiger partial charge in [-0.25, -0.2) is 5.84 Å². The van der Waals surface area contributed by atoms with Crippen LogP contribution in [0, 0.1) is 6.92 Å². The third-order valence-electron chi connectivity index (χ3n) is 4.97. The standard InChI is InChI=1S/C24H27N5O2/c1-16-9-6-7-12-18(16)23(30)28-21(15-17-10-4-3-5-11-17)24(31)27-20-14-8-13-19(25)22(20)29(2)26/h3-14,21H,15,25-26H2,1-2H3,(H,27,31)(H,28,30). The van der Waals surface area contributed by atoms with Crippen molar-refractivity contribution in [2.45, 2.75) is 19.4 Å². The Kier molecular flexibility index (Phi) is 6.89. The maximum Gasteiger partial charge on any atom is 0.252 e. The molecule has 3 aromatic rings. The Hall–Kier alpha value is -3.84. The highest BCUT2D eigenvalue weighted by Gasteiger charge is 2.24. The Bertz CT molecular complexity index is 1070. The van der Waals surface area contributed by atoms with Crippen LogP contribution in [-0.2, 0) is 11.2 Å². The molecule has 7 heteroatoms. The summed E-state index contributed by atoms with van der Waals surface area (Å²) in [6.45, 7) is 1.86. The maximum atomic E-state index is 13.2. The fourth-order valence-corrected chi connectivity index (χ4v) is 3.40. The van der Waals surface area contributed by atoms with Crippen LogP contribution in [0.4, 0.5) is 17.1 Å². The molecule has 0 saturated carbocycles. The van der Waals surface area contributed by atoms with Gasteiger partial charge >= 0.3 is 0 Å². The minimum atomic E-state index is -0.799. The molecule has 0 bridgehead atoms. The molecule has 0 aromatic heterocycles. The van der Waals surface area contributed by atoms with E-state index in [0.717, 1.165) is 11.1 Å². The van der Waals surface area contributed by atoms with Gasteiger partial charge in [0.05, 0.1) is 17.1 Å². The van der Waals surface area contributed by atoms with Gasteiger partial charge in [0.15, 0.2) is 0 Å². The van der Waals surface area contributed by atoms with Gasteiger partial charge in [-0.1, -0.05) is 54.6 Å². The SMILES string of the molecule is Cc1ccccc1C(=O)NC(Cc1ccccc1)C(=O)Nc1cccc(N)c1N(C)N. The van der Waals surface area contributed by atoms with Crippen LogP contribution in [0.2, 0.25) is 0 Å². The number of anilines is 3. The number of amides is 2.